The fourth-order valence-electron chi connectivity index (χ4n) is 4.30. The largest absolute Gasteiger partial charge is 1.00 e. The standard InChI is InChI=1S/C12H14FNO.C11H7FN2O3.C6H3F2NO2.C5H5NO.CH2O3.2CH4.2Cs.H2.H/c1-9-5-6-11(10(13)8-9)14-7-3-2-4-12(14)15;12-9-7-8(14(16)17)4-5-10(9)13-6-2-1-3-11(13)15;7-5-2-1-4(9(10)11)3-6(5)8;7-5-3-1-2-4-6-5;2-1-4-3;;;;;;/h5-6,8H,2-4,7H2,1H3;1-7H;1-3H;1-4H,(H,6,7);1,3H;2*1H4;;;1H;/q;;;;;;;2*+1;;-1/p-1. The number of aromatic amines is 1. The Morgan fingerprint density at radius 1 is 0.759 bits per heavy atom. The zero-order chi connectivity index (χ0) is 40.2. The Labute approximate surface area is 450 Å². The predicted octanol–water partition coefficient (Wildman–Crippen LogP) is 0.857. The number of nitro benzene ring substituents is 2. The van der Waals surface area contributed by atoms with Crippen LogP contribution in [0.15, 0.2) is 113 Å². The first-order valence-electron chi connectivity index (χ1n) is 15.3. The first-order valence-corrected chi connectivity index (χ1v) is 15.3. The van der Waals surface area contributed by atoms with Gasteiger partial charge in [-0.05, 0) is 61.7 Å². The minimum Gasteiger partial charge on any atom is -1.00 e. The fraction of sp³-hybridized carbons (Fsp3) is 0.189. The third-order valence-electron chi connectivity index (χ3n) is 6.78. The van der Waals surface area contributed by atoms with Crippen LogP contribution in [-0.2, 0) is 14.5 Å². The van der Waals surface area contributed by atoms with E-state index in [2.05, 4.69) is 9.87 Å². The van der Waals surface area contributed by atoms with Gasteiger partial charge in [0, 0.05) is 51.1 Å². The number of nitrogens with zero attached hydrogens (tertiary/aromatic N) is 4. The zero-order valence-corrected chi connectivity index (χ0v) is 42.7. The molecule has 0 unspecified atom stereocenters. The summed E-state index contributed by atoms with van der Waals surface area (Å²) in [6, 6.07) is 19.6. The molecule has 58 heavy (non-hydrogen) atoms. The third kappa shape index (κ3) is 20.9. The molecule has 0 radical (unpaired) electrons. The van der Waals surface area contributed by atoms with Crippen molar-refractivity contribution in [2.75, 3.05) is 11.4 Å². The monoisotopic (exact) mass is 1060 g/mol. The number of halogens is 4. The molecule has 0 atom stereocenters. The van der Waals surface area contributed by atoms with Crippen molar-refractivity contribution in [1.82, 2.24) is 9.55 Å². The summed E-state index contributed by atoms with van der Waals surface area (Å²) in [5.41, 5.74) is 0.0223. The smallest absolute Gasteiger partial charge is 1.00 e. The second-order valence-electron chi connectivity index (χ2n) is 10.5. The molecule has 0 bridgehead atoms. The normalized spacial score (nSPS) is 10.6. The van der Waals surface area contributed by atoms with Crippen molar-refractivity contribution >= 4 is 29.4 Å². The zero-order valence-electron chi connectivity index (χ0n) is 31.1. The van der Waals surface area contributed by atoms with Gasteiger partial charge >= 0.3 is 138 Å². The summed E-state index contributed by atoms with van der Waals surface area (Å²) < 4.78 is 52.7. The van der Waals surface area contributed by atoms with Gasteiger partial charge in [-0.15, -0.1) is 0 Å². The van der Waals surface area contributed by atoms with E-state index in [0.717, 1.165) is 41.2 Å². The van der Waals surface area contributed by atoms with Gasteiger partial charge in [0.25, 0.3) is 23.4 Å². The SMILES string of the molecule is C.C.Cc1ccc(N2CCCCC2=O)c(F)c1.O=CO[O-].O=[N+]([O-])c1ccc(F)c(F)c1.O=c1cccc[nH]1.O=c1ccccn1-c1ccc([N+](=O)[O-])cc1F.[Cs+].[Cs+].[H-].[HH]. The molecule has 3 aromatic carbocycles. The predicted molar refractivity (Wildman–Crippen MR) is 200 cm³/mol. The average Bonchev–Trinajstić information content (AvgIpc) is 3.15. The van der Waals surface area contributed by atoms with Gasteiger partial charge in [0.1, 0.15) is 5.82 Å². The molecule has 6 rings (SSSR count). The van der Waals surface area contributed by atoms with E-state index in [-0.39, 0.29) is 191 Å². The van der Waals surface area contributed by atoms with Crippen molar-refractivity contribution in [2.24, 2.45) is 0 Å². The molecule has 1 aliphatic heterocycles. The number of hydrogen-bond donors (Lipinski definition) is 1. The van der Waals surface area contributed by atoms with Crippen LogP contribution in [0.2, 0.25) is 0 Å². The molecular weight excluding hydrogens is 1020 g/mol. The number of aromatic nitrogens is 2. The number of nitro groups is 2. The molecule has 5 aromatic rings. The number of non-ortho nitro benzene ring substituents is 2. The van der Waals surface area contributed by atoms with Crippen molar-refractivity contribution in [3.05, 3.63) is 173 Å². The molecule has 0 spiro atoms. The number of hydrogen-bond acceptors (Lipinski definition) is 10. The number of nitrogens with one attached hydrogen (secondary N) is 1. The van der Waals surface area contributed by atoms with Gasteiger partial charge in [-0.3, -0.25) is 44.0 Å². The van der Waals surface area contributed by atoms with Crippen LogP contribution in [0.4, 0.5) is 34.6 Å². The van der Waals surface area contributed by atoms with Crippen LogP contribution in [-0.4, -0.2) is 38.3 Å². The molecule has 304 valence electrons. The van der Waals surface area contributed by atoms with Crippen LogP contribution >= 0.6 is 0 Å². The summed E-state index contributed by atoms with van der Waals surface area (Å²) in [6.07, 6.45) is 5.41. The summed E-state index contributed by atoms with van der Waals surface area (Å²) in [7, 11) is 0. The third-order valence-corrected chi connectivity index (χ3v) is 6.78. The molecule has 15 nitrogen and oxygen atoms in total. The summed E-state index contributed by atoms with van der Waals surface area (Å²) >= 11 is 0. The summed E-state index contributed by atoms with van der Waals surface area (Å²) in [6.45, 7) is 2.30. The quantitative estimate of drug-likeness (QED) is 0.0863. The van der Waals surface area contributed by atoms with Crippen LogP contribution in [0.25, 0.3) is 5.69 Å². The van der Waals surface area contributed by atoms with Crippen LogP contribution in [0.3, 0.4) is 0 Å². The molecule has 0 aliphatic carbocycles. The van der Waals surface area contributed by atoms with Crippen molar-refractivity contribution in [3.8, 4) is 5.69 Å². The Balaban J connectivity index is -0.000000217. The molecule has 1 aliphatic rings. The van der Waals surface area contributed by atoms with Crippen molar-refractivity contribution in [2.45, 2.75) is 41.0 Å². The van der Waals surface area contributed by atoms with E-state index in [1.807, 2.05) is 13.0 Å². The maximum absolute atomic E-state index is 13.6. The summed E-state index contributed by atoms with van der Waals surface area (Å²) in [4.78, 5) is 67.5. The molecule has 2 aromatic heterocycles. The minimum atomic E-state index is -1.21. The van der Waals surface area contributed by atoms with Gasteiger partial charge in [0.2, 0.25) is 11.5 Å². The van der Waals surface area contributed by atoms with Gasteiger partial charge in [-0.1, -0.05) is 33.1 Å². The van der Waals surface area contributed by atoms with Crippen molar-refractivity contribution in [3.63, 3.8) is 0 Å². The minimum absolute atomic E-state index is 0. The van der Waals surface area contributed by atoms with E-state index in [0.29, 0.717) is 30.8 Å². The molecule has 3 heterocycles. The Hall–Kier alpha value is -2.92. The van der Waals surface area contributed by atoms with E-state index in [9.17, 15) is 52.2 Å². The van der Waals surface area contributed by atoms with E-state index in [4.69, 9.17) is 10.1 Å². The topological polar surface area (TPSA) is 211 Å². The number of carbonyl (C=O) groups excluding carboxylic acids is 2. The number of rotatable bonds is 5. The van der Waals surface area contributed by atoms with E-state index in [1.165, 1.54) is 36.5 Å². The van der Waals surface area contributed by atoms with Gasteiger partial charge in [-0.25, -0.2) is 17.6 Å². The van der Waals surface area contributed by atoms with Crippen LogP contribution in [0.5, 0.6) is 0 Å². The summed E-state index contributed by atoms with van der Waals surface area (Å²) in [5.74, 6) is -3.38. The van der Waals surface area contributed by atoms with Crippen LogP contribution < -0.4 is 159 Å². The number of amides is 1. The number of piperidine rings is 1. The van der Waals surface area contributed by atoms with Gasteiger partial charge in [0.05, 0.1) is 33.4 Å². The molecule has 1 N–H and O–H groups in total. The van der Waals surface area contributed by atoms with Gasteiger partial charge in [0.15, 0.2) is 17.5 Å². The van der Waals surface area contributed by atoms with Gasteiger partial charge < -0.3 is 21.5 Å². The number of benzene rings is 3. The average molecular weight is 1060 g/mol. The van der Waals surface area contributed by atoms with E-state index >= 15 is 0 Å². The van der Waals surface area contributed by atoms with E-state index in [1.54, 1.807) is 35.4 Å². The fourth-order valence-corrected chi connectivity index (χ4v) is 4.30. The van der Waals surface area contributed by atoms with Crippen LogP contribution in [0, 0.1) is 50.4 Å². The molecule has 21 heteroatoms. The molecule has 1 fully saturated rings. The maximum atomic E-state index is 13.6. The molecule has 1 saturated heterocycles. The number of pyridine rings is 2. The Kier molecular flexibility index (Phi) is 32.7. The molecule has 1 amide bonds. The number of carbonyl (C=O) groups is 2. The number of aryl methyl sites for hydroxylation is 1. The maximum Gasteiger partial charge on any atom is 1.00 e. The first kappa shape index (κ1) is 59.4. The Morgan fingerprint density at radius 2 is 1.31 bits per heavy atom. The van der Waals surface area contributed by atoms with E-state index < -0.39 is 38.5 Å². The van der Waals surface area contributed by atoms with Crippen LogP contribution in [0.1, 0.15) is 42.5 Å². The molecular formula is C37H41Cs2F4N5O10. The van der Waals surface area contributed by atoms with Crippen molar-refractivity contribution in [1.29, 1.82) is 0 Å². The Bertz CT molecular complexity index is 2170. The summed E-state index contributed by atoms with van der Waals surface area (Å²) in [5, 5.41) is 28.8. The Morgan fingerprint density at radius 3 is 1.76 bits per heavy atom. The first-order chi connectivity index (χ1) is 25.7. The second-order valence-corrected chi connectivity index (χ2v) is 10.5. The number of anilines is 1. The van der Waals surface area contributed by atoms with Crippen molar-refractivity contribution < 1.29 is 188 Å². The molecule has 0 saturated carbocycles. The second kappa shape index (κ2) is 31.9. The number of H-pyrrole nitrogens is 1. The van der Waals surface area contributed by atoms with Gasteiger partial charge in [-0.2, -0.15) is 0 Å².